The van der Waals surface area contributed by atoms with Crippen LogP contribution < -0.4 is 5.32 Å². The molecule has 1 N–H and O–H groups in total. The molecule has 1 aliphatic heterocycles. The third-order valence-corrected chi connectivity index (χ3v) is 4.61. The predicted molar refractivity (Wildman–Crippen MR) is 91.3 cm³/mol. The van der Waals surface area contributed by atoms with E-state index in [1.807, 2.05) is 0 Å². The highest BCUT2D eigenvalue weighted by atomic mass is 19.4. The molecule has 0 radical (unpaired) electrons. The van der Waals surface area contributed by atoms with Gasteiger partial charge in [0.25, 0.3) is 5.91 Å². The third-order valence-electron chi connectivity index (χ3n) is 4.61. The van der Waals surface area contributed by atoms with Gasteiger partial charge in [-0.3, -0.25) is 4.79 Å². The van der Waals surface area contributed by atoms with Crippen LogP contribution in [0.15, 0.2) is 24.5 Å². The molecular formula is C17H21F3N6O. The Labute approximate surface area is 154 Å². The summed E-state index contributed by atoms with van der Waals surface area (Å²) >= 11 is 0. The minimum Gasteiger partial charge on any atom is -0.337 e. The quantitative estimate of drug-likeness (QED) is 0.858. The normalized spacial score (nSPS) is 15.9. The van der Waals surface area contributed by atoms with Crippen LogP contribution in [-0.4, -0.2) is 57.0 Å². The maximum Gasteiger partial charge on any atom is 0.417 e. The molecule has 0 saturated carbocycles. The Morgan fingerprint density at radius 1 is 1.30 bits per heavy atom. The van der Waals surface area contributed by atoms with Crippen molar-refractivity contribution < 1.29 is 18.0 Å². The molecule has 2 aromatic rings. The number of hydrogen-bond donors (Lipinski definition) is 1. The molecule has 0 unspecified atom stereocenters. The molecule has 1 aliphatic rings. The van der Waals surface area contributed by atoms with Gasteiger partial charge in [0.05, 0.1) is 11.8 Å². The van der Waals surface area contributed by atoms with E-state index in [4.69, 9.17) is 0 Å². The maximum atomic E-state index is 12.6. The van der Waals surface area contributed by atoms with E-state index in [-0.39, 0.29) is 17.4 Å². The first-order valence-electron chi connectivity index (χ1n) is 8.84. The van der Waals surface area contributed by atoms with Crippen LogP contribution in [0.5, 0.6) is 0 Å². The summed E-state index contributed by atoms with van der Waals surface area (Å²) in [5.41, 5.74) is -0.690. The minimum atomic E-state index is -4.45. The molecule has 1 saturated heterocycles. The van der Waals surface area contributed by atoms with Crippen LogP contribution in [0.25, 0.3) is 5.82 Å². The van der Waals surface area contributed by atoms with Crippen LogP contribution in [0.3, 0.4) is 0 Å². The number of amides is 1. The second kappa shape index (κ2) is 8.03. The predicted octanol–water partition coefficient (Wildman–Crippen LogP) is 2.14. The Hall–Kier alpha value is -2.49. The molecule has 0 spiro atoms. The average molecular weight is 382 g/mol. The van der Waals surface area contributed by atoms with Gasteiger partial charge in [0.2, 0.25) is 0 Å². The Balaban J connectivity index is 1.63. The molecule has 0 bridgehead atoms. The lowest BCUT2D eigenvalue weighted by molar-refractivity contribution is -0.137. The summed E-state index contributed by atoms with van der Waals surface area (Å²) < 4.78 is 39.0. The van der Waals surface area contributed by atoms with Crippen LogP contribution in [-0.2, 0) is 6.18 Å². The highest BCUT2D eigenvalue weighted by Gasteiger charge is 2.31. The summed E-state index contributed by atoms with van der Waals surface area (Å²) in [6.45, 7) is 5.25. The van der Waals surface area contributed by atoms with Crippen molar-refractivity contribution in [3.8, 4) is 5.82 Å². The molecule has 27 heavy (non-hydrogen) atoms. The van der Waals surface area contributed by atoms with Gasteiger partial charge >= 0.3 is 6.18 Å². The van der Waals surface area contributed by atoms with E-state index in [0.29, 0.717) is 19.0 Å². The molecule has 0 aliphatic carbocycles. The first-order chi connectivity index (χ1) is 12.9. The van der Waals surface area contributed by atoms with Crippen molar-refractivity contribution in [3.05, 3.63) is 35.8 Å². The van der Waals surface area contributed by atoms with Gasteiger partial charge in [0, 0.05) is 19.3 Å². The summed E-state index contributed by atoms with van der Waals surface area (Å²) in [5, 5.41) is 11.0. The lowest BCUT2D eigenvalue weighted by atomic mass is 9.96. The van der Waals surface area contributed by atoms with Crippen LogP contribution in [0.2, 0.25) is 0 Å². The summed E-state index contributed by atoms with van der Waals surface area (Å²) in [6.07, 6.45) is -0.481. The number of likely N-dealkylation sites (tertiary alicyclic amines) is 1. The first kappa shape index (κ1) is 19.3. The highest BCUT2D eigenvalue weighted by molar-refractivity contribution is 5.92. The van der Waals surface area contributed by atoms with Gasteiger partial charge in [0.15, 0.2) is 11.5 Å². The van der Waals surface area contributed by atoms with Crippen LogP contribution >= 0.6 is 0 Å². The van der Waals surface area contributed by atoms with Gasteiger partial charge in [-0.2, -0.15) is 13.2 Å². The number of rotatable bonds is 5. The molecule has 1 amide bonds. The number of nitrogens with one attached hydrogen (secondary N) is 1. The molecule has 7 nitrogen and oxygen atoms in total. The molecule has 0 atom stereocenters. The van der Waals surface area contributed by atoms with E-state index in [9.17, 15) is 18.0 Å². The lowest BCUT2D eigenvalue weighted by Gasteiger charge is -2.31. The number of pyridine rings is 1. The molecule has 3 heterocycles. The summed E-state index contributed by atoms with van der Waals surface area (Å²) in [4.78, 5) is 18.1. The Morgan fingerprint density at radius 2 is 2.04 bits per heavy atom. The molecule has 10 heteroatoms. The zero-order valence-corrected chi connectivity index (χ0v) is 14.9. The van der Waals surface area contributed by atoms with Crippen molar-refractivity contribution in [1.29, 1.82) is 0 Å². The number of hydrogen-bond acceptors (Lipinski definition) is 5. The lowest BCUT2D eigenvalue weighted by Crippen LogP contribution is -2.40. The largest absolute Gasteiger partial charge is 0.417 e. The topological polar surface area (TPSA) is 75.9 Å². The maximum absolute atomic E-state index is 12.6. The SMILES string of the molecule is CCNCC1CCN(C(=O)c2cn(-c3ccc(C(F)(F)F)cn3)nn2)CC1. The summed E-state index contributed by atoms with van der Waals surface area (Å²) in [5.74, 6) is 0.495. The van der Waals surface area contributed by atoms with Crippen molar-refractivity contribution in [2.24, 2.45) is 5.92 Å². The number of halogens is 3. The van der Waals surface area contributed by atoms with Gasteiger partial charge in [-0.15, -0.1) is 5.10 Å². The van der Waals surface area contributed by atoms with E-state index >= 15 is 0 Å². The molecule has 3 rings (SSSR count). The van der Waals surface area contributed by atoms with Gasteiger partial charge in [-0.25, -0.2) is 9.67 Å². The average Bonchev–Trinajstić information content (AvgIpc) is 3.16. The third kappa shape index (κ3) is 4.62. The van der Waals surface area contributed by atoms with E-state index in [2.05, 4.69) is 27.5 Å². The zero-order chi connectivity index (χ0) is 19.4. The molecule has 0 aromatic carbocycles. The van der Waals surface area contributed by atoms with Crippen molar-refractivity contribution >= 4 is 5.91 Å². The molecule has 146 valence electrons. The van der Waals surface area contributed by atoms with Gasteiger partial charge in [-0.1, -0.05) is 12.1 Å². The monoisotopic (exact) mass is 382 g/mol. The fourth-order valence-electron chi connectivity index (χ4n) is 3.01. The van der Waals surface area contributed by atoms with Crippen LogP contribution in [0, 0.1) is 5.92 Å². The van der Waals surface area contributed by atoms with Crippen molar-refractivity contribution in [2.75, 3.05) is 26.2 Å². The van der Waals surface area contributed by atoms with Crippen LogP contribution in [0.1, 0.15) is 35.8 Å². The number of aromatic nitrogens is 4. The minimum absolute atomic E-state index is 0.154. The number of carbonyl (C=O) groups excluding carboxylic acids is 1. The fourth-order valence-corrected chi connectivity index (χ4v) is 3.01. The second-order valence-corrected chi connectivity index (χ2v) is 6.49. The highest BCUT2D eigenvalue weighted by Crippen LogP contribution is 2.28. The standard InChI is InChI=1S/C17H21F3N6O/c1-2-21-9-12-5-7-25(8-6-12)16(27)14-11-26(24-23-14)15-4-3-13(10-22-15)17(18,19)20/h3-4,10-12,21H,2,5-9H2,1H3. The summed E-state index contributed by atoms with van der Waals surface area (Å²) in [6, 6.07) is 2.11. The van der Waals surface area contributed by atoms with Gasteiger partial charge in [0.1, 0.15) is 0 Å². The van der Waals surface area contributed by atoms with Gasteiger partial charge < -0.3 is 10.2 Å². The summed E-state index contributed by atoms with van der Waals surface area (Å²) in [7, 11) is 0. The Bertz CT molecular complexity index is 766. The number of alkyl halides is 3. The Kier molecular flexibility index (Phi) is 5.73. The zero-order valence-electron chi connectivity index (χ0n) is 14.9. The molecule has 1 fully saturated rings. The number of carbonyl (C=O) groups is 1. The number of piperidine rings is 1. The van der Waals surface area contributed by atoms with Crippen molar-refractivity contribution in [2.45, 2.75) is 25.9 Å². The van der Waals surface area contributed by atoms with Crippen LogP contribution in [0.4, 0.5) is 13.2 Å². The smallest absolute Gasteiger partial charge is 0.337 e. The Morgan fingerprint density at radius 3 is 2.63 bits per heavy atom. The fraction of sp³-hybridized carbons (Fsp3) is 0.529. The van der Waals surface area contributed by atoms with E-state index < -0.39 is 11.7 Å². The van der Waals surface area contributed by atoms with Crippen molar-refractivity contribution in [3.63, 3.8) is 0 Å². The molecule has 2 aromatic heterocycles. The molecular weight excluding hydrogens is 361 g/mol. The van der Waals surface area contributed by atoms with E-state index in [0.717, 1.165) is 38.2 Å². The van der Waals surface area contributed by atoms with Gasteiger partial charge in [-0.05, 0) is 44.0 Å². The van der Waals surface area contributed by atoms with Crippen molar-refractivity contribution in [1.82, 2.24) is 30.2 Å². The van der Waals surface area contributed by atoms with E-state index in [1.54, 1.807) is 4.90 Å². The van der Waals surface area contributed by atoms with E-state index in [1.165, 1.54) is 16.9 Å². The second-order valence-electron chi connectivity index (χ2n) is 6.49. The number of nitrogens with zero attached hydrogens (tertiary/aromatic N) is 5. The first-order valence-corrected chi connectivity index (χ1v) is 8.84.